The minimum absolute atomic E-state index is 1.34. The third-order valence-corrected chi connectivity index (χ3v) is 10.5. The van der Waals surface area contributed by atoms with Gasteiger partial charge in [-0.15, -0.1) is 34.0 Å². The molecule has 0 nitrogen and oxygen atoms in total. The molecular weight excluding hydrogens is 481 g/mol. The van der Waals surface area contributed by atoms with Crippen LogP contribution in [-0.4, -0.2) is 0 Å². The summed E-state index contributed by atoms with van der Waals surface area (Å²) in [7, 11) is 0. The highest BCUT2D eigenvalue weighted by atomic mass is 32.1. The van der Waals surface area contributed by atoms with Gasteiger partial charge >= 0.3 is 0 Å². The van der Waals surface area contributed by atoms with Crippen LogP contribution < -0.4 is 0 Å². The Kier molecular flexibility index (Phi) is 4.23. The molecule has 0 spiro atoms. The summed E-state index contributed by atoms with van der Waals surface area (Å²) >= 11 is 5.60. The highest BCUT2D eigenvalue weighted by molar-refractivity contribution is 7.27. The van der Waals surface area contributed by atoms with Crippen molar-refractivity contribution >= 4 is 55.6 Å². The van der Waals surface area contributed by atoms with E-state index in [1.54, 1.807) is 11.3 Å². The first-order valence-electron chi connectivity index (χ1n) is 11.7. The Morgan fingerprint density at radius 1 is 0.371 bits per heavy atom. The highest BCUT2D eigenvalue weighted by Gasteiger charge is 2.26. The molecule has 0 N–H and O–H groups in total. The maximum atomic E-state index is 2.32. The lowest BCUT2D eigenvalue weighted by Crippen LogP contribution is -1.86. The number of rotatable bonds is 3. The van der Waals surface area contributed by atoms with Crippen LogP contribution in [0, 0.1) is 0 Å². The third-order valence-electron chi connectivity index (χ3n) is 7.00. The molecule has 4 aromatic carbocycles. The van der Waals surface area contributed by atoms with E-state index in [9.17, 15) is 0 Å². The Morgan fingerprint density at radius 3 is 1.74 bits per heavy atom. The SMILES string of the molecule is c1csc(-c2ccc(-c3ccc(-c4c5ccccc5c5c6c(cccc46)-c4ccccc4-5)s3)s2)c1. The molecule has 1 aliphatic carbocycles. The second kappa shape index (κ2) is 7.50. The zero-order valence-electron chi connectivity index (χ0n) is 18.6. The fourth-order valence-corrected chi connectivity index (χ4v) is 8.57. The van der Waals surface area contributed by atoms with Crippen molar-refractivity contribution in [2.45, 2.75) is 0 Å². The van der Waals surface area contributed by atoms with Crippen molar-refractivity contribution in [2.24, 2.45) is 0 Å². The van der Waals surface area contributed by atoms with Crippen LogP contribution >= 0.6 is 34.0 Å². The van der Waals surface area contributed by atoms with Crippen molar-refractivity contribution in [3.8, 4) is 52.2 Å². The molecule has 0 unspecified atom stereocenters. The molecule has 0 saturated heterocycles. The fraction of sp³-hybridized carbons (Fsp3) is 0. The lowest BCUT2D eigenvalue weighted by molar-refractivity contribution is 1.70. The van der Waals surface area contributed by atoms with Crippen LogP contribution in [-0.2, 0) is 0 Å². The van der Waals surface area contributed by atoms with Crippen molar-refractivity contribution in [1.29, 1.82) is 0 Å². The minimum atomic E-state index is 1.34. The summed E-state index contributed by atoms with van der Waals surface area (Å²) in [6.07, 6.45) is 0. The number of hydrogen-bond acceptors (Lipinski definition) is 3. The van der Waals surface area contributed by atoms with E-state index in [2.05, 4.69) is 109 Å². The summed E-state index contributed by atoms with van der Waals surface area (Å²) in [5.41, 5.74) is 6.81. The molecule has 0 atom stereocenters. The van der Waals surface area contributed by atoms with Crippen LogP contribution in [0.15, 0.2) is 109 Å². The molecule has 0 saturated carbocycles. The van der Waals surface area contributed by atoms with Crippen molar-refractivity contribution in [3.05, 3.63) is 109 Å². The van der Waals surface area contributed by atoms with Gasteiger partial charge in [0.15, 0.2) is 0 Å². The molecule has 3 aromatic heterocycles. The first kappa shape index (κ1) is 19.8. The Balaban J connectivity index is 1.38. The van der Waals surface area contributed by atoms with E-state index in [-0.39, 0.29) is 0 Å². The Hall–Kier alpha value is -3.50. The number of fused-ring (bicyclic) bond motifs is 5. The molecule has 0 radical (unpaired) electrons. The van der Waals surface area contributed by atoms with Gasteiger partial charge in [0.2, 0.25) is 0 Å². The number of thiophene rings is 3. The van der Waals surface area contributed by atoms with Gasteiger partial charge in [0.1, 0.15) is 0 Å². The second-order valence-electron chi connectivity index (χ2n) is 8.87. The van der Waals surface area contributed by atoms with E-state index in [0.717, 1.165) is 0 Å². The zero-order valence-corrected chi connectivity index (χ0v) is 21.1. The molecule has 1 aliphatic rings. The summed E-state index contributed by atoms with van der Waals surface area (Å²) in [6, 6.07) is 38.1. The summed E-state index contributed by atoms with van der Waals surface area (Å²) in [6.45, 7) is 0. The van der Waals surface area contributed by atoms with E-state index in [1.807, 2.05) is 22.7 Å². The van der Waals surface area contributed by atoms with Gasteiger partial charge in [-0.1, -0.05) is 72.8 Å². The van der Waals surface area contributed by atoms with E-state index in [0.29, 0.717) is 0 Å². The van der Waals surface area contributed by atoms with Gasteiger partial charge in [-0.25, -0.2) is 0 Å². The number of benzene rings is 4. The summed E-state index contributed by atoms with van der Waals surface area (Å²) in [4.78, 5) is 6.70. The van der Waals surface area contributed by atoms with E-state index < -0.39 is 0 Å². The van der Waals surface area contributed by atoms with Gasteiger partial charge in [0.05, 0.1) is 0 Å². The predicted molar refractivity (Wildman–Crippen MR) is 156 cm³/mol. The molecule has 0 aliphatic heterocycles. The van der Waals surface area contributed by atoms with Gasteiger partial charge in [-0.05, 0) is 79.5 Å². The number of hydrogen-bond donors (Lipinski definition) is 0. The van der Waals surface area contributed by atoms with Gasteiger partial charge in [0.25, 0.3) is 0 Å². The van der Waals surface area contributed by atoms with Gasteiger partial charge in [-0.3, -0.25) is 0 Å². The predicted octanol–water partition coefficient (Wildman–Crippen LogP) is 10.8. The monoisotopic (exact) mass is 498 g/mol. The lowest BCUT2D eigenvalue weighted by Gasteiger charge is -2.14. The average Bonchev–Trinajstić information content (AvgIpc) is 3.71. The lowest BCUT2D eigenvalue weighted by atomic mass is 9.90. The minimum Gasteiger partial charge on any atom is -0.143 e. The highest BCUT2D eigenvalue weighted by Crippen LogP contribution is 2.54. The fourth-order valence-electron chi connectivity index (χ4n) is 5.56. The molecule has 7 aromatic rings. The average molecular weight is 499 g/mol. The van der Waals surface area contributed by atoms with Gasteiger partial charge in [-0.2, -0.15) is 0 Å². The normalized spacial score (nSPS) is 12.0. The Labute approximate surface area is 215 Å². The zero-order chi connectivity index (χ0) is 22.9. The van der Waals surface area contributed by atoms with E-state index >= 15 is 0 Å². The maximum absolute atomic E-state index is 2.32. The van der Waals surface area contributed by atoms with Crippen LogP contribution in [0.1, 0.15) is 0 Å². The third kappa shape index (κ3) is 2.83. The molecule has 3 heterocycles. The quantitative estimate of drug-likeness (QED) is 0.212. The van der Waals surface area contributed by atoms with Gasteiger partial charge in [0, 0.05) is 29.9 Å². The van der Waals surface area contributed by atoms with Crippen molar-refractivity contribution < 1.29 is 0 Å². The largest absolute Gasteiger partial charge is 0.143 e. The van der Waals surface area contributed by atoms with Crippen molar-refractivity contribution in [2.75, 3.05) is 0 Å². The van der Waals surface area contributed by atoms with Crippen LogP contribution in [0.4, 0.5) is 0 Å². The molecule has 8 rings (SSSR count). The standard InChI is InChI=1S/C32H18S3/c1-2-8-20-19(7-1)21-11-5-12-24-30(22-9-3-4-10-23(22)31(20)32(21)24)29-17-16-28(35-29)27-15-14-26(34-27)25-13-6-18-33-25/h1-18H. The summed E-state index contributed by atoms with van der Waals surface area (Å²) < 4.78 is 0. The molecule has 0 amide bonds. The molecule has 3 heteroatoms. The molecular formula is C32H18S3. The molecule has 0 fully saturated rings. The van der Waals surface area contributed by atoms with Crippen LogP contribution in [0.2, 0.25) is 0 Å². The van der Waals surface area contributed by atoms with E-state index in [4.69, 9.17) is 0 Å². The summed E-state index contributed by atoms with van der Waals surface area (Å²) in [5.74, 6) is 0. The smallest absolute Gasteiger partial charge is 0.0449 e. The first-order chi connectivity index (χ1) is 17.4. The Morgan fingerprint density at radius 2 is 0.971 bits per heavy atom. The summed E-state index contributed by atoms with van der Waals surface area (Å²) in [5, 5.41) is 7.58. The molecule has 35 heavy (non-hydrogen) atoms. The first-order valence-corrected chi connectivity index (χ1v) is 14.2. The molecule has 164 valence electrons. The van der Waals surface area contributed by atoms with Crippen LogP contribution in [0.25, 0.3) is 73.7 Å². The van der Waals surface area contributed by atoms with E-state index in [1.165, 1.54) is 73.7 Å². The maximum Gasteiger partial charge on any atom is 0.0449 e. The van der Waals surface area contributed by atoms with Crippen LogP contribution in [0.5, 0.6) is 0 Å². The molecule has 0 bridgehead atoms. The van der Waals surface area contributed by atoms with Crippen LogP contribution in [0.3, 0.4) is 0 Å². The van der Waals surface area contributed by atoms with Gasteiger partial charge < -0.3 is 0 Å². The van der Waals surface area contributed by atoms with Crippen molar-refractivity contribution in [1.82, 2.24) is 0 Å². The Bertz CT molecular complexity index is 1900. The topological polar surface area (TPSA) is 0 Å². The second-order valence-corrected chi connectivity index (χ2v) is 12.0. The van der Waals surface area contributed by atoms with Crippen molar-refractivity contribution in [3.63, 3.8) is 0 Å².